The number of rotatable bonds is 2. The molecule has 3 rings (SSSR count). The van der Waals surface area contributed by atoms with Gasteiger partial charge >= 0.3 is 0 Å². The first kappa shape index (κ1) is 11.9. The Hall–Kier alpha value is -1.14. The summed E-state index contributed by atoms with van der Waals surface area (Å²) in [6.07, 6.45) is 2.12. The van der Waals surface area contributed by atoms with Crippen molar-refractivity contribution in [3.05, 3.63) is 10.5 Å². The van der Waals surface area contributed by atoms with Crippen molar-refractivity contribution >= 4 is 23.4 Å². The summed E-state index contributed by atoms with van der Waals surface area (Å²) < 4.78 is 10.5. The van der Waals surface area contributed by atoms with Crippen molar-refractivity contribution in [2.24, 2.45) is 7.05 Å². The second-order valence-corrected chi connectivity index (χ2v) is 5.24. The molecule has 2 aromatic heterocycles. The molecule has 2 unspecified atom stereocenters. The lowest BCUT2D eigenvalue weighted by atomic mass is 10.1. The fourth-order valence-corrected chi connectivity index (χ4v) is 3.18. The van der Waals surface area contributed by atoms with Gasteiger partial charge in [0.15, 0.2) is 10.4 Å². The van der Waals surface area contributed by atoms with Crippen molar-refractivity contribution < 1.29 is 4.74 Å². The lowest BCUT2D eigenvalue weighted by Gasteiger charge is -2.16. The maximum absolute atomic E-state index is 5.66. The van der Waals surface area contributed by atoms with Crippen molar-refractivity contribution in [1.29, 1.82) is 0 Å². The van der Waals surface area contributed by atoms with Gasteiger partial charge in [-0.3, -0.25) is 9.25 Å². The third-order valence-corrected chi connectivity index (χ3v) is 4.07. The summed E-state index contributed by atoms with van der Waals surface area (Å²) in [6.45, 7) is 5.02. The molecule has 0 bridgehead atoms. The van der Waals surface area contributed by atoms with Gasteiger partial charge in [-0.25, -0.2) is 0 Å². The first-order valence-corrected chi connectivity index (χ1v) is 6.82. The molecule has 0 saturated carbocycles. The van der Waals surface area contributed by atoms with E-state index in [1.807, 2.05) is 11.7 Å². The number of nitrogens with zero attached hydrogens (tertiary/aromatic N) is 3. The summed E-state index contributed by atoms with van der Waals surface area (Å²) in [4.78, 5) is 3.30. The van der Waals surface area contributed by atoms with Gasteiger partial charge in [-0.1, -0.05) is 6.92 Å². The van der Waals surface area contributed by atoms with E-state index in [0.717, 1.165) is 41.1 Å². The maximum Gasteiger partial charge on any atom is 0.179 e. The van der Waals surface area contributed by atoms with Gasteiger partial charge in [0.1, 0.15) is 5.52 Å². The lowest BCUT2D eigenvalue weighted by Crippen LogP contribution is -2.18. The van der Waals surface area contributed by atoms with Gasteiger partial charge in [0.2, 0.25) is 0 Å². The van der Waals surface area contributed by atoms with Crippen LogP contribution >= 0.6 is 12.2 Å². The monoisotopic (exact) mass is 266 g/mol. The van der Waals surface area contributed by atoms with E-state index >= 15 is 0 Å². The average molecular weight is 266 g/mol. The molecule has 2 aromatic rings. The standard InChI is InChI=1S/C12H18N4OS/c1-4-8-10-11(15(3)14-8)16(12(18)13-10)9-5-6-17-7(9)2/h7,9H,4-6H2,1-3H3,(H,13,18). The number of nitrogens with one attached hydrogen (secondary N) is 1. The molecule has 5 nitrogen and oxygen atoms in total. The normalized spacial score (nSPS) is 24.2. The minimum atomic E-state index is 0.204. The van der Waals surface area contributed by atoms with Crippen LogP contribution in [0.25, 0.3) is 11.2 Å². The highest BCUT2D eigenvalue weighted by molar-refractivity contribution is 7.71. The number of fused-ring (bicyclic) bond motifs is 1. The largest absolute Gasteiger partial charge is 0.376 e. The number of ether oxygens (including phenoxy) is 1. The van der Waals surface area contributed by atoms with Crippen LogP contribution in [0.5, 0.6) is 0 Å². The molecule has 0 aromatic carbocycles. The zero-order chi connectivity index (χ0) is 12.9. The summed E-state index contributed by atoms with van der Waals surface area (Å²) in [6, 6.07) is 0.311. The number of hydrogen-bond donors (Lipinski definition) is 1. The minimum Gasteiger partial charge on any atom is -0.376 e. The molecule has 1 saturated heterocycles. The third kappa shape index (κ3) is 1.55. The second-order valence-electron chi connectivity index (χ2n) is 4.85. The molecule has 0 aliphatic carbocycles. The van der Waals surface area contributed by atoms with Crippen molar-refractivity contribution in [3.8, 4) is 0 Å². The van der Waals surface area contributed by atoms with Crippen molar-refractivity contribution in [2.75, 3.05) is 6.61 Å². The predicted octanol–water partition coefficient (Wildman–Crippen LogP) is 2.34. The topological polar surface area (TPSA) is 47.8 Å². The van der Waals surface area contributed by atoms with Gasteiger partial charge in [-0.15, -0.1) is 0 Å². The van der Waals surface area contributed by atoms with Gasteiger partial charge in [0.05, 0.1) is 17.8 Å². The number of imidazole rings is 1. The van der Waals surface area contributed by atoms with E-state index in [9.17, 15) is 0 Å². The Morgan fingerprint density at radius 1 is 1.56 bits per heavy atom. The molecule has 6 heteroatoms. The predicted molar refractivity (Wildman–Crippen MR) is 72.3 cm³/mol. The highest BCUT2D eigenvalue weighted by Gasteiger charge is 2.29. The van der Waals surface area contributed by atoms with Crippen LogP contribution < -0.4 is 0 Å². The molecule has 1 aliphatic rings. The molecule has 2 atom stereocenters. The van der Waals surface area contributed by atoms with E-state index in [1.54, 1.807) is 0 Å². The summed E-state index contributed by atoms with van der Waals surface area (Å²) in [5.74, 6) is 0. The lowest BCUT2D eigenvalue weighted by molar-refractivity contribution is 0.108. The van der Waals surface area contributed by atoms with Crippen molar-refractivity contribution in [3.63, 3.8) is 0 Å². The number of aryl methyl sites for hydroxylation is 2. The Balaban J connectivity index is 2.25. The Morgan fingerprint density at radius 2 is 2.33 bits per heavy atom. The van der Waals surface area contributed by atoms with Crippen LogP contribution in [0.3, 0.4) is 0 Å². The Morgan fingerprint density at radius 3 is 2.94 bits per heavy atom. The quantitative estimate of drug-likeness (QED) is 0.849. The molecule has 1 N–H and O–H groups in total. The molecule has 1 aliphatic heterocycles. The fourth-order valence-electron chi connectivity index (χ4n) is 2.85. The Kier molecular flexibility index (Phi) is 2.79. The molecular formula is C12H18N4OS. The number of H-pyrrole nitrogens is 1. The second kappa shape index (κ2) is 4.20. The van der Waals surface area contributed by atoms with Gasteiger partial charge in [0.25, 0.3) is 0 Å². The fraction of sp³-hybridized carbons (Fsp3) is 0.667. The molecule has 1 fully saturated rings. The zero-order valence-corrected chi connectivity index (χ0v) is 11.8. The first-order chi connectivity index (χ1) is 8.63. The molecule has 3 heterocycles. The van der Waals surface area contributed by atoms with E-state index in [-0.39, 0.29) is 6.10 Å². The van der Waals surface area contributed by atoms with Crippen LogP contribution in [0.15, 0.2) is 0 Å². The number of aromatic amines is 1. The first-order valence-electron chi connectivity index (χ1n) is 6.41. The molecular weight excluding hydrogens is 248 g/mol. The summed E-state index contributed by atoms with van der Waals surface area (Å²) in [5, 5.41) is 4.54. The van der Waals surface area contributed by atoms with Crippen LogP contribution in [0.2, 0.25) is 0 Å². The average Bonchev–Trinajstić information content (AvgIpc) is 2.96. The van der Waals surface area contributed by atoms with Gasteiger partial charge in [-0.2, -0.15) is 5.10 Å². The van der Waals surface area contributed by atoms with Crippen LogP contribution in [0.4, 0.5) is 0 Å². The number of aromatic nitrogens is 4. The molecule has 0 radical (unpaired) electrons. The smallest absolute Gasteiger partial charge is 0.179 e. The molecule has 0 spiro atoms. The Bertz CT molecular complexity index is 638. The van der Waals surface area contributed by atoms with Crippen LogP contribution in [-0.4, -0.2) is 32.0 Å². The molecule has 98 valence electrons. The Labute approximate surface area is 111 Å². The highest BCUT2D eigenvalue weighted by atomic mass is 32.1. The maximum atomic E-state index is 5.66. The van der Waals surface area contributed by atoms with Crippen LogP contribution in [0, 0.1) is 4.77 Å². The van der Waals surface area contributed by atoms with E-state index in [1.165, 1.54) is 0 Å². The number of hydrogen-bond acceptors (Lipinski definition) is 3. The summed E-state index contributed by atoms with van der Waals surface area (Å²) in [7, 11) is 1.97. The van der Waals surface area contributed by atoms with E-state index < -0.39 is 0 Å². The van der Waals surface area contributed by atoms with E-state index in [4.69, 9.17) is 17.0 Å². The van der Waals surface area contributed by atoms with Gasteiger partial charge < -0.3 is 9.72 Å². The minimum absolute atomic E-state index is 0.204. The highest BCUT2D eigenvalue weighted by Crippen LogP contribution is 2.30. The van der Waals surface area contributed by atoms with Gasteiger partial charge in [-0.05, 0) is 32.0 Å². The summed E-state index contributed by atoms with van der Waals surface area (Å²) in [5.41, 5.74) is 3.23. The van der Waals surface area contributed by atoms with E-state index in [2.05, 4.69) is 28.5 Å². The summed E-state index contributed by atoms with van der Waals surface area (Å²) >= 11 is 5.47. The van der Waals surface area contributed by atoms with Crippen LogP contribution in [0.1, 0.15) is 32.0 Å². The van der Waals surface area contributed by atoms with Crippen molar-refractivity contribution in [1.82, 2.24) is 19.3 Å². The van der Waals surface area contributed by atoms with Gasteiger partial charge in [0, 0.05) is 13.7 Å². The van der Waals surface area contributed by atoms with Crippen LogP contribution in [-0.2, 0) is 18.2 Å². The SMILES string of the molecule is CCc1nn(C)c2c1[nH]c(=S)n2C1CCOC1C. The molecule has 18 heavy (non-hydrogen) atoms. The molecule has 0 amide bonds. The van der Waals surface area contributed by atoms with E-state index in [0.29, 0.717) is 6.04 Å². The third-order valence-electron chi connectivity index (χ3n) is 3.77. The zero-order valence-electron chi connectivity index (χ0n) is 10.9. The van der Waals surface area contributed by atoms with Crippen molar-refractivity contribution in [2.45, 2.75) is 38.8 Å².